The van der Waals surface area contributed by atoms with Crippen LogP contribution in [0.4, 0.5) is 4.79 Å². The molecule has 0 aliphatic carbocycles. The number of nitrogens with one attached hydrogen (secondary N) is 1. The molecule has 3 amide bonds. The molecule has 1 fully saturated rings. The molecule has 0 saturated carbocycles. The zero-order valence-electron chi connectivity index (χ0n) is 13.6. The lowest BCUT2D eigenvalue weighted by Gasteiger charge is -2.15. The molecule has 2 aromatic heterocycles. The quantitative estimate of drug-likeness (QED) is 0.612. The highest BCUT2D eigenvalue weighted by atomic mass is 32.1. The van der Waals surface area contributed by atoms with E-state index >= 15 is 0 Å². The maximum atomic E-state index is 12.0. The second kappa shape index (κ2) is 6.28. The SMILES string of the molecule is CC1(C)NC(=O)N(CCC(=O)OCc2cc(=O)n3ccsc3n2)C1=O. The molecule has 1 saturated heterocycles. The van der Waals surface area contributed by atoms with Crippen molar-refractivity contribution in [1.82, 2.24) is 19.6 Å². The zero-order chi connectivity index (χ0) is 18.2. The summed E-state index contributed by atoms with van der Waals surface area (Å²) in [6, 6.07) is 0.771. The van der Waals surface area contributed by atoms with Gasteiger partial charge in [0.15, 0.2) is 4.96 Å². The molecule has 0 spiro atoms. The molecular formula is C15H16N4O5S. The van der Waals surface area contributed by atoms with Crippen LogP contribution in [0.5, 0.6) is 0 Å². The Balaban J connectivity index is 1.55. The number of imide groups is 1. The zero-order valence-corrected chi connectivity index (χ0v) is 14.5. The molecule has 0 bridgehead atoms. The van der Waals surface area contributed by atoms with Crippen molar-refractivity contribution in [3.05, 3.63) is 33.7 Å². The second-order valence-electron chi connectivity index (χ2n) is 6.06. The maximum absolute atomic E-state index is 12.0. The molecule has 1 N–H and O–H groups in total. The van der Waals surface area contributed by atoms with Crippen LogP contribution in [0.1, 0.15) is 26.0 Å². The topological polar surface area (TPSA) is 110 Å². The fourth-order valence-corrected chi connectivity index (χ4v) is 3.15. The van der Waals surface area contributed by atoms with Crippen molar-refractivity contribution in [2.75, 3.05) is 6.54 Å². The highest BCUT2D eigenvalue weighted by molar-refractivity contribution is 7.15. The van der Waals surface area contributed by atoms with E-state index in [2.05, 4.69) is 10.3 Å². The van der Waals surface area contributed by atoms with E-state index in [0.717, 1.165) is 4.90 Å². The fraction of sp³-hybridized carbons (Fsp3) is 0.400. The molecule has 2 aromatic rings. The van der Waals surface area contributed by atoms with Gasteiger partial charge in [0.2, 0.25) is 0 Å². The number of carbonyl (C=O) groups excluding carboxylic acids is 3. The van der Waals surface area contributed by atoms with Crippen LogP contribution in [0, 0.1) is 0 Å². The van der Waals surface area contributed by atoms with Crippen molar-refractivity contribution in [1.29, 1.82) is 0 Å². The lowest BCUT2D eigenvalue weighted by Crippen LogP contribution is -2.40. The van der Waals surface area contributed by atoms with Gasteiger partial charge in [-0.05, 0) is 13.8 Å². The largest absolute Gasteiger partial charge is 0.459 e. The normalized spacial score (nSPS) is 16.3. The van der Waals surface area contributed by atoms with Gasteiger partial charge < -0.3 is 10.1 Å². The average molecular weight is 364 g/mol. The van der Waals surface area contributed by atoms with Crippen molar-refractivity contribution in [3.8, 4) is 0 Å². The molecule has 132 valence electrons. The minimum absolute atomic E-state index is 0.0625. The van der Waals surface area contributed by atoms with E-state index < -0.39 is 17.5 Å². The standard InChI is InChI=1S/C15H16N4O5S/c1-15(2)12(22)19(13(23)17-15)4-3-11(21)24-8-9-7-10(20)18-5-6-25-14(18)16-9/h5-7H,3-4,8H2,1-2H3,(H,17,23). The number of hydrogen-bond acceptors (Lipinski definition) is 7. The molecular weight excluding hydrogens is 348 g/mol. The lowest BCUT2D eigenvalue weighted by molar-refractivity contribution is -0.145. The number of urea groups is 1. The van der Waals surface area contributed by atoms with E-state index in [1.54, 1.807) is 25.4 Å². The van der Waals surface area contributed by atoms with E-state index in [4.69, 9.17) is 4.74 Å². The first-order valence-electron chi connectivity index (χ1n) is 7.53. The van der Waals surface area contributed by atoms with Gasteiger partial charge in [-0.15, -0.1) is 11.3 Å². The number of amides is 3. The van der Waals surface area contributed by atoms with Crippen LogP contribution in [-0.4, -0.2) is 44.3 Å². The molecule has 9 nitrogen and oxygen atoms in total. The van der Waals surface area contributed by atoms with Crippen LogP contribution < -0.4 is 10.9 Å². The minimum Gasteiger partial charge on any atom is -0.459 e. The molecule has 0 radical (unpaired) electrons. The van der Waals surface area contributed by atoms with Gasteiger partial charge in [-0.25, -0.2) is 9.78 Å². The van der Waals surface area contributed by atoms with Crippen LogP contribution in [0.2, 0.25) is 0 Å². The first kappa shape index (κ1) is 17.1. The second-order valence-corrected chi connectivity index (χ2v) is 6.94. The molecule has 10 heteroatoms. The average Bonchev–Trinajstić information content (AvgIpc) is 3.08. The van der Waals surface area contributed by atoms with Crippen molar-refractivity contribution < 1.29 is 19.1 Å². The summed E-state index contributed by atoms with van der Waals surface area (Å²) in [6.07, 6.45) is 1.49. The molecule has 0 aromatic carbocycles. The third-order valence-corrected chi connectivity index (χ3v) is 4.48. The van der Waals surface area contributed by atoms with Crippen molar-refractivity contribution in [2.24, 2.45) is 0 Å². The Bertz CT molecular complexity index is 916. The number of carbonyl (C=O) groups is 3. The van der Waals surface area contributed by atoms with Gasteiger partial charge in [-0.2, -0.15) is 0 Å². The summed E-state index contributed by atoms with van der Waals surface area (Å²) in [7, 11) is 0. The number of fused-ring (bicyclic) bond motifs is 1. The van der Waals surface area contributed by atoms with Crippen LogP contribution in [-0.2, 0) is 20.9 Å². The van der Waals surface area contributed by atoms with E-state index in [1.165, 1.54) is 21.8 Å². The third-order valence-electron chi connectivity index (χ3n) is 3.72. The number of hydrogen-bond donors (Lipinski definition) is 1. The smallest absolute Gasteiger partial charge is 0.325 e. The highest BCUT2D eigenvalue weighted by Gasteiger charge is 2.44. The summed E-state index contributed by atoms with van der Waals surface area (Å²) in [5, 5.41) is 4.27. The summed E-state index contributed by atoms with van der Waals surface area (Å²) < 4.78 is 6.47. The van der Waals surface area contributed by atoms with Crippen molar-refractivity contribution >= 4 is 34.2 Å². The van der Waals surface area contributed by atoms with Crippen LogP contribution in [0.25, 0.3) is 4.96 Å². The number of ether oxygens (including phenoxy) is 1. The number of rotatable bonds is 5. The Morgan fingerprint density at radius 3 is 2.80 bits per heavy atom. The summed E-state index contributed by atoms with van der Waals surface area (Å²) >= 11 is 1.30. The van der Waals surface area contributed by atoms with Gasteiger partial charge in [0.05, 0.1) is 12.1 Å². The number of esters is 1. The lowest BCUT2D eigenvalue weighted by atomic mass is 10.1. The van der Waals surface area contributed by atoms with Crippen molar-refractivity contribution in [3.63, 3.8) is 0 Å². The Labute approximate surface area is 146 Å². The Morgan fingerprint density at radius 2 is 2.12 bits per heavy atom. The van der Waals surface area contributed by atoms with E-state index in [1.807, 2.05) is 0 Å². The van der Waals surface area contributed by atoms with Crippen LogP contribution in [0.3, 0.4) is 0 Å². The summed E-state index contributed by atoms with van der Waals surface area (Å²) in [5.74, 6) is -0.971. The van der Waals surface area contributed by atoms with E-state index in [-0.39, 0.29) is 31.0 Å². The molecule has 0 atom stereocenters. The van der Waals surface area contributed by atoms with Gasteiger partial charge in [0.25, 0.3) is 11.5 Å². The van der Waals surface area contributed by atoms with Gasteiger partial charge >= 0.3 is 12.0 Å². The van der Waals surface area contributed by atoms with E-state index in [0.29, 0.717) is 10.7 Å². The fourth-order valence-electron chi connectivity index (χ4n) is 2.41. The minimum atomic E-state index is -0.969. The van der Waals surface area contributed by atoms with E-state index in [9.17, 15) is 19.2 Å². The summed E-state index contributed by atoms with van der Waals surface area (Å²) in [5.41, 5.74) is -0.876. The first-order chi connectivity index (χ1) is 11.8. The van der Waals surface area contributed by atoms with Gasteiger partial charge in [-0.3, -0.25) is 23.7 Å². The Kier molecular flexibility index (Phi) is 4.29. The number of thiazole rings is 1. The first-order valence-corrected chi connectivity index (χ1v) is 8.41. The van der Waals surface area contributed by atoms with Crippen molar-refractivity contribution in [2.45, 2.75) is 32.4 Å². The van der Waals surface area contributed by atoms with Gasteiger partial charge in [0.1, 0.15) is 12.1 Å². The molecule has 1 aliphatic rings. The monoisotopic (exact) mass is 364 g/mol. The molecule has 25 heavy (non-hydrogen) atoms. The van der Waals surface area contributed by atoms with Gasteiger partial charge in [-0.1, -0.05) is 0 Å². The maximum Gasteiger partial charge on any atom is 0.325 e. The predicted molar refractivity (Wildman–Crippen MR) is 88.1 cm³/mol. The summed E-state index contributed by atoms with van der Waals surface area (Å²) in [4.78, 5) is 53.1. The summed E-state index contributed by atoms with van der Waals surface area (Å²) in [6.45, 7) is 2.98. The Morgan fingerprint density at radius 1 is 1.36 bits per heavy atom. The van der Waals surface area contributed by atoms with Gasteiger partial charge in [0, 0.05) is 24.2 Å². The third kappa shape index (κ3) is 3.38. The molecule has 3 heterocycles. The number of nitrogens with zero attached hydrogens (tertiary/aromatic N) is 3. The Hall–Kier alpha value is -2.75. The predicted octanol–water partition coefficient (Wildman–Crippen LogP) is 0.520. The van der Waals surface area contributed by atoms with Crippen LogP contribution in [0.15, 0.2) is 22.4 Å². The highest BCUT2D eigenvalue weighted by Crippen LogP contribution is 2.16. The van der Waals surface area contributed by atoms with Crippen LogP contribution >= 0.6 is 11.3 Å². The number of aromatic nitrogens is 2. The molecule has 1 aliphatic heterocycles. The molecule has 3 rings (SSSR count). The molecule has 0 unspecified atom stereocenters.